The summed E-state index contributed by atoms with van der Waals surface area (Å²) in [5, 5.41) is 0. The molecule has 0 saturated heterocycles. The molecule has 1 N–H and O–H groups in total. The van der Waals surface area contributed by atoms with Crippen LogP contribution in [0.2, 0.25) is 0 Å². The van der Waals surface area contributed by atoms with Gasteiger partial charge in [-0.25, -0.2) is 17.9 Å². The zero-order chi connectivity index (χ0) is 14.5. The summed E-state index contributed by atoms with van der Waals surface area (Å²) in [4.78, 5) is 11.4. The lowest BCUT2D eigenvalue weighted by Crippen LogP contribution is -2.35. The number of carbonyl (C=O) groups excluding carboxylic acids is 1. The van der Waals surface area contributed by atoms with Crippen LogP contribution in [0.5, 0.6) is 0 Å². The highest BCUT2D eigenvalue weighted by Gasteiger charge is 2.18. The zero-order valence-corrected chi connectivity index (χ0v) is 11.9. The molecule has 0 bridgehead atoms. The van der Waals surface area contributed by atoms with Crippen LogP contribution in [0.4, 0.5) is 0 Å². The fourth-order valence-electron chi connectivity index (χ4n) is 1.52. The van der Waals surface area contributed by atoms with E-state index in [0.29, 0.717) is 0 Å². The molecule has 0 heterocycles. The van der Waals surface area contributed by atoms with Gasteiger partial charge in [-0.05, 0) is 25.1 Å². The summed E-state index contributed by atoms with van der Waals surface area (Å²) in [5.74, 6) is -0.581. The molecular weight excluding hydrogens is 270 g/mol. The highest BCUT2D eigenvalue weighted by Crippen LogP contribution is 2.12. The first-order valence-corrected chi connectivity index (χ1v) is 7.08. The summed E-state index contributed by atoms with van der Waals surface area (Å²) in [6.07, 6.45) is 0. The van der Waals surface area contributed by atoms with Crippen molar-refractivity contribution >= 4 is 16.0 Å². The first-order valence-electron chi connectivity index (χ1n) is 5.60. The van der Waals surface area contributed by atoms with Gasteiger partial charge in [-0.3, -0.25) is 0 Å². The average Bonchev–Trinajstić information content (AvgIpc) is 2.37. The highest BCUT2D eigenvalue weighted by atomic mass is 32.2. The van der Waals surface area contributed by atoms with E-state index in [9.17, 15) is 13.2 Å². The molecule has 0 unspecified atom stereocenters. The summed E-state index contributed by atoms with van der Waals surface area (Å²) in [6, 6.07) is 5.30. The topological polar surface area (TPSA) is 81.7 Å². The van der Waals surface area contributed by atoms with Gasteiger partial charge < -0.3 is 9.47 Å². The number of hydrogen-bond donors (Lipinski definition) is 1. The zero-order valence-electron chi connectivity index (χ0n) is 11.0. The number of nitrogens with one attached hydrogen (secondary N) is 1. The second-order valence-corrected chi connectivity index (χ2v) is 5.71. The minimum absolute atomic E-state index is 0.0124. The SMILES string of the molecule is COC[C@@H](C)NS(=O)(=O)c1cccc(C(=O)OC)c1. The van der Waals surface area contributed by atoms with Gasteiger partial charge in [0.15, 0.2) is 0 Å². The number of benzene rings is 1. The van der Waals surface area contributed by atoms with Crippen LogP contribution in [0, 0.1) is 0 Å². The predicted molar refractivity (Wildman–Crippen MR) is 69.4 cm³/mol. The lowest BCUT2D eigenvalue weighted by atomic mass is 10.2. The van der Waals surface area contributed by atoms with Crippen LogP contribution in [0.1, 0.15) is 17.3 Å². The van der Waals surface area contributed by atoms with E-state index in [4.69, 9.17) is 4.74 Å². The quantitative estimate of drug-likeness (QED) is 0.782. The van der Waals surface area contributed by atoms with Crippen molar-refractivity contribution < 1.29 is 22.7 Å². The van der Waals surface area contributed by atoms with Gasteiger partial charge in [-0.2, -0.15) is 0 Å². The van der Waals surface area contributed by atoms with Crippen molar-refractivity contribution in [3.63, 3.8) is 0 Å². The largest absolute Gasteiger partial charge is 0.465 e. The number of rotatable bonds is 6. The van der Waals surface area contributed by atoms with E-state index in [2.05, 4.69) is 9.46 Å². The minimum Gasteiger partial charge on any atom is -0.465 e. The van der Waals surface area contributed by atoms with Gasteiger partial charge in [0, 0.05) is 13.2 Å². The van der Waals surface area contributed by atoms with E-state index in [1.807, 2.05) is 0 Å². The molecule has 6 nitrogen and oxygen atoms in total. The Balaban J connectivity index is 2.98. The van der Waals surface area contributed by atoms with Gasteiger partial charge in [-0.1, -0.05) is 6.07 Å². The number of ether oxygens (including phenoxy) is 2. The molecule has 7 heteroatoms. The molecule has 0 radical (unpaired) electrons. The predicted octanol–water partition coefficient (Wildman–Crippen LogP) is 0.786. The van der Waals surface area contributed by atoms with E-state index in [1.54, 1.807) is 6.92 Å². The van der Waals surface area contributed by atoms with Gasteiger partial charge in [0.05, 0.1) is 24.2 Å². The molecule has 0 fully saturated rings. The van der Waals surface area contributed by atoms with Gasteiger partial charge >= 0.3 is 5.97 Å². The average molecular weight is 287 g/mol. The van der Waals surface area contributed by atoms with Crippen LogP contribution in [-0.2, 0) is 19.5 Å². The van der Waals surface area contributed by atoms with E-state index < -0.39 is 16.0 Å². The smallest absolute Gasteiger partial charge is 0.337 e. The van der Waals surface area contributed by atoms with E-state index >= 15 is 0 Å². The van der Waals surface area contributed by atoms with Crippen molar-refractivity contribution in [1.29, 1.82) is 0 Å². The van der Waals surface area contributed by atoms with E-state index in [1.165, 1.54) is 38.5 Å². The van der Waals surface area contributed by atoms with Crippen molar-refractivity contribution in [2.24, 2.45) is 0 Å². The number of carbonyl (C=O) groups is 1. The van der Waals surface area contributed by atoms with Crippen molar-refractivity contribution in [2.75, 3.05) is 20.8 Å². The van der Waals surface area contributed by atoms with Crippen molar-refractivity contribution in [1.82, 2.24) is 4.72 Å². The maximum absolute atomic E-state index is 12.1. The van der Waals surface area contributed by atoms with Crippen molar-refractivity contribution in [2.45, 2.75) is 17.9 Å². The molecule has 0 aliphatic carbocycles. The van der Waals surface area contributed by atoms with Gasteiger partial charge in [0.2, 0.25) is 10.0 Å². The molecule has 0 spiro atoms. The Labute approximate surface area is 112 Å². The standard InChI is InChI=1S/C12H17NO5S/c1-9(8-17-2)13-19(15,16)11-6-4-5-10(7-11)12(14)18-3/h4-7,9,13H,8H2,1-3H3/t9-/m1/s1. The molecule has 106 valence electrons. The number of esters is 1. The van der Waals surface area contributed by atoms with Crippen LogP contribution in [0.15, 0.2) is 29.2 Å². The van der Waals surface area contributed by atoms with Crippen LogP contribution in [-0.4, -0.2) is 41.3 Å². The lowest BCUT2D eigenvalue weighted by Gasteiger charge is -2.13. The Kier molecular flexibility index (Phi) is 5.46. The Bertz CT molecular complexity index is 541. The maximum atomic E-state index is 12.1. The Hall–Kier alpha value is -1.44. The first kappa shape index (κ1) is 15.6. The second-order valence-electron chi connectivity index (χ2n) is 4.00. The molecule has 1 atom stereocenters. The fraction of sp³-hybridized carbons (Fsp3) is 0.417. The summed E-state index contributed by atoms with van der Waals surface area (Å²) in [6.45, 7) is 1.95. The Morgan fingerprint density at radius 1 is 1.37 bits per heavy atom. The number of methoxy groups -OCH3 is 2. The summed E-state index contributed by atoms with van der Waals surface area (Å²) in [5.41, 5.74) is 0.185. The Morgan fingerprint density at radius 2 is 2.05 bits per heavy atom. The monoisotopic (exact) mass is 287 g/mol. The van der Waals surface area contributed by atoms with Gasteiger partial charge in [0.1, 0.15) is 0 Å². The second kappa shape index (κ2) is 6.65. The molecule has 0 aromatic heterocycles. The molecule has 1 aromatic rings. The number of hydrogen-bond acceptors (Lipinski definition) is 5. The lowest BCUT2D eigenvalue weighted by molar-refractivity contribution is 0.0600. The fourth-order valence-corrected chi connectivity index (χ4v) is 2.80. The van der Waals surface area contributed by atoms with Gasteiger partial charge in [-0.15, -0.1) is 0 Å². The molecule has 0 aliphatic heterocycles. The molecule has 0 amide bonds. The van der Waals surface area contributed by atoms with Crippen LogP contribution >= 0.6 is 0 Å². The van der Waals surface area contributed by atoms with Crippen LogP contribution < -0.4 is 4.72 Å². The summed E-state index contributed by atoms with van der Waals surface area (Å²) < 4.78 is 36.0. The van der Waals surface area contributed by atoms with Crippen LogP contribution in [0.3, 0.4) is 0 Å². The molecule has 1 rings (SSSR count). The molecule has 0 saturated carbocycles. The summed E-state index contributed by atoms with van der Waals surface area (Å²) in [7, 11) is -0.956. The molecule has 19 heavy (non-hydrogen) atoms. The molecular formula is C12H17NO5S. The maximum Gasteiger partial charge on any atom is 0.337 e. The third-order valence-corrected chi connectivity index (χ3v) is 3.93. The van der Waals surface area contributed by atoms with E-state index in [0.717, 1.165) is 0 Å². The van der Waals surface area contributed by atoms with Crippen molar-refractivity contribution in [3.8, 4) is 0 Å². The summed E-state index contributed by atoms with van der Waals surface area (Å²) >= 11 is 0. The minimum atomic E-state index is -3.68. The highest BCUT2D eigenvalue weighted by molar-refractivity contribution is 7.89. The van der Waals surface area contributed by atoms with Crippen molar-refractivity contribution in [3.05, 3.63) is 29.8 Å². The van der Waals surface area contributed by atoms with E-state index in [-0.39, 0.29) is 23.1 Å². The third-order valence-electron chi connectivity index (χ3n) is 2.34. The normalized spacial score (nSPS) is 13.0. The van der Waals surface area contributed by atoms with Gasteiger partial charge in [0.25, 0.3) is 0 Å². The van der Waals surface area contributed by atoms with Crippen LogP contribution in [0.25, 0.3) is 0 Å². The number of sulfonamides is 1. The molecule has 1 aromatic carbocycles. The third kappa shape index (κ3) is 4.30. The Morgan fingerprint density at radius 3 is 2.63 bits per heavy atom. The molecule has 0 aliphatic rings. The first-order chi connectivity index (χ1) is 8.90.